The van der Waals surface area contributed by atoms with E-state index in [1.165, 1.54) is 0 Å². The third-order valence-electron chi connectivity index (χ3n) is 2.85. The molecule has 0 saturated carbocycles. The molecule has 0 saturated heterocycles. The van der Waals surface area contributed by atoms with Crippen molar-refractivity contribution >= 4 is 11.6 Å². The smallest absolute Gasteiger partial charge is 0.120 e. The fraction of sp³-hybridized carbons (Fsp3) is 0.333. The molecule has 1 heterocycles. The van der Waals surface area contributed by atoms with Crippen LogP contribution in [0.5, 0.6) is 0 Å². The molecule has 0 aliphatic carbocycles. The average Bonchev–Trinajstić information content (AvgIpc) is 2.94. The zero-order chi connectivity index (χ0) is 13.5. The van der Waals surface area contributed by atoms with Crippen molar-refractivity contribution in [3.63, 3.8) is 0 Å². The molecule has 3 nitrogen and oxygen atoms in total. The fourth-order valence-electron chi connectivity index (χ4n) is 1.76. The molecule has 0 bridgehead atoms. The van der Waals surface area contributed by atoms with Crippen LogP contribution in [-0.4, -0.2) is 13.2 Å². The first-order valence-electron chi connectivity index (χ1n) is 6.34. The summed E-state index contributed by atoms with van der Waals surface area (Å²) < 4.78 is 10.9. The number of benzene rings is 1. The normalized spacial score (nSPS) is 12.5. The lowest BCUT2D eigenvalue weighted by Crippen LogP contribution is -2.22. The van der Waals surface area contributed by atoms with Crippen molar-refractivity contribution in [3.8, 4) is 0 Å². The number of furan rings is 1. The summed E-state index contributed by atoms with van der Waals surface area (Å²) in [5.41, 5.74) is 1.13. The average molecular weight is 280 g/mol. The Morgan fingerprint density at radius 3 is 2.74 bits per heavy atom. The van der Waals surface area contributed by atoms with E-state index in [-0.39, 0.29) is 6.04 Å². The number of rotatable bonds is 7. The van der Waals surface area contributed by atoms with Gasteiger partial charge in [0.25, 0.3) is 0 Å². The summed E-state index contributed by atoms with van der Waals surface area (Å²) in [5.74, 6) is 0.942. The van der Waals surface area contributed by atoms with E-state index < -0.39 is 0 Å². The van der Waals surface area contributed by atoms with E-state index in [1.54, 1.807) is 6.26 Å². The van der Waals surface area contributed by atoms with Gasteiger partial charge in [-0.3, -0.25) is 0 Å². The van der Waals surface area contributed by atoms with Gasteiger partial charge in [0, 0.05) is 11.6 Å². The van der Waals surface area contributed by atoms with Crippen molar-refractivity contribution < 1.29 is 9.15 Å². The Morgan fingerprint density at radius 1 is 1.26 bits per heavy atom. The first-order valence-corrected chi connectivity index (χ1v) is 6.72. The van der Waals surface area contributed by atoms with Gasteiger partial charge in [0.1, 0.15) is 5.76 Å². The van der Waals surface area contributed by atoms with Crippen molar-refractivity contribution in [2.75, 3.05) is 13.2 Å². The van der Waals surface area contributed by atoms with Crippen LogP contribution in [0, 0.1) is 0 Å². The summed E-state index contributed by atoms with van der Waals surface area (Å²) in [6.07, 6.45) is 1.69. The van der Waals surface area contributed by atoms with E-state index in [0.29, 0.717) is 13.2 Å². The highest BCUT2D eigenvalue weighted by Crippen LogP contribution is 2.12. The van der Waals surface area contributed by atoms with Gasteiger partial charge in [-0.05, 0) is 36.8 Å². The topological polar surface area (TPSA) is 34.4 Å². The van der Waals surface area contributed by atoms with Gasteiger partial charge in [-0.2, -0.15) is 0 Å². The highest BCUT2D eigenvalue weighted by Gasteiger charge is 2.06. The van der Waals surface area contributed by atoms with Crippen molar-refractivity contribution in [2.24, 2.45) is 0 Å². The second-order valence-corrected chi connectivity index (χ2v) is 4.81. The fourth-order valence-corrected chi connectivity index (χ4v) is 1.88. The predicted octanol–water partition coefficient (Wildman–Crippen LogP) is 3.80. The molecule has 2 rings (SSSR count). The van der Waals surface area contributed by atoms with Crippen LogP contribution in [0.25, 0.3) is 0 Å². The van der Waals surface area contributed by atoms with Gasteiger partial charge in [-0.25, -0.2) is 0 Å². The minimum atomic E-state index is 0.203. The van der Waals surface area contributed by atoms with Gasteiger partial charge in [0.15, 0.2) is 0 Å². The molecule has 1 unspecified atom stereocenters. The van der Waals surface area contributed by atoms with Gasteiger partial charge < -0.3 is 14.5 Å². The zero-order valence-corrected chi connectivity index (χ0v) is 11.7. The second kappa shape index (κ2) is 7.34. The predicted molar refractivity (Wildman–Crippen MR) is 76.2 cm³/mol. The van der Waals surface area contributed by atoms with Crippen LogP contribution >= 0.6 is 11.6 Å². The zero-order valence-electron chi connectivity index (χ0n) is 10.9. The SMILES string of the molecule is CC(NCCOCc1ccc(Cl)cc1)c1ccco1. The van der Waals surface area contributed by atoms with Crippen molar-refractivity contribution in [1.29, 1.82) is 0 Å². The lowest BCUT2D eigenvalue weighted by Gasteiger charge is -2.11. The van der Waals surface area contributed by atoms with Crippen LogP contribution in [0.3, 0.4) is 0 Å². The number of hydrogen-bond donors (Lipinski definition) is 1. The Balaban J connectivity index is 1.61. The Labute approximate surface area is 118 Å². The first-order chi connectivity index (χ1) is 9.25. The van der Waals surface area contributed by atoms with Crippen LogP contribution in [-0.2, 0) is 11.3 Å². The molecule has 0 spiro atoms. The highest BCUT2D eigenvalue weighted by atomic mass is 35.5. The summed E-state index contributed by atoms with van der Waals surface area (Å²) >= 11 is 5.82. The minimum absolute atomic E-state index is 0.203. The van der Waals surface area contributed by atoms with Crippen LogP contribution in [0.1, 0.15) is 24.3 Å². The van der Waals surface area contributed by atoms with Gasteiger partial charge >= 0.3 is 0 Å². The maximum absolute atomic E-state index is 5.82. The lowest BCUT2D eigenvalue weighted by atomic mass is 10.2. The second-order valence-electron chi connectivity index (χ2n) is 4.37. The molecule has 1 aromatic carbocycles. The van der Waals surface area contributed by atoms with Crippen LogP contribution in [0.4, 0.5) is 0 Å². The van der Waals surface area contributed by atoms with Gasteiger partial charge in [0.05, 0.1) is 25.5 Å². The lowest BCUT2D eigenvalue weighted by molar-refractivity contribution is 0.120. The van der Waals surface area contributed by atoms with Crippen molar-refractivity contribution in [2.45, 2.75) is 19.6 Å². The number of halogens is 1. The Kier molecular flexibility index (Phi) is 5.45. The summed E-state index contributed by atoms with van der Waals surface area (Å²) in [7, 11) is 0. The Morgan fingerprint density at radius 2 is 2.05 bits per heavy atom. The molecule has 0 radical (unpaired) electrons. The standard InChI is InChI=1S/C15H18ClNO2/c1-12(15-3-2-9-19-15)17-8-10-18-11-13-4-6-14(16)7-5-13/h2-7,9,12,17H,8,10-11H2,1H3. The third kappa shape index (κ3) is 4.71. The maximum atomic E-state index is 5.82. The summed E-state index contributed by atoms with van der Waals surface area (Å²) in [4.78, 5) is 0. The summed E-state index contributed by atoms with van der Waals surface area (Å²) in [5, 5.41) is 4.09. The minimum Gasteiger partial charge on any atom is -0.468 e. The molecule has 1 aromatic heterocycles. The van der Waals surface area contributed by atoms with Crippen LogP contribution < -0.4 is 5.32 Å². The number of ether oxygens (including phenoxy) is 1. The third-order valence-corrected chi connectivity index (χ3v) is 3.10. The van der Waals surface area contributed by atoms with E-state index in [2.05, 4.69) is 12.2 Å². The van der Waals surface area contributed by atoms with Gasteiger partial charge in [0.2, 0.25) is 0 Å². The van der Waals surface area contributed by atoms with Crippen LogP contribution in [0.15, 0.2) is 47.1 Å². The van der Waals surface area contributed by atoms with Crippen molar-refractivity contribution in [3.05, 3.63) is 59.0 Å². The van der Waals surface area contributed by atoms with E-state index in [0.717, 1.165) is 22.9 Å². The molecule has 102 valence electrons. The van der Waals surface area contributed by atoms with Crippen LogP contribution in [0.2, 0.25) is 5.02 Å². The maximum Gasteiger partial charge on any atom is 0.120 e. The monoisotopic (exact) mass is 279 g/mol. The van der Waals surface area contributed by atoms with E-state index in [9.17, 15) is 0 Å². The molecule has 0 amide bonds. The molecular weight excluding hydrogens is 262 g/mol. The van der Waals surface area contributed by atoms with E-state index in [4.69, 9.17) is 20.8 Å². The largest absolute Gasteiger partial charge is 0.468 e. The molecule has 0 aliphatic rings. The Bertz CT molecular complexity index is 467. The van der Waals surface area contributed by atoms with E-state index >= 15 is 0 Å². The molecule has 2 aromatic rings. The number of hydrogen-bond acceptors (Lipinski definition) is 3. The van der Waals surface area contributed by atoms with Gasteiger partial charge in [-0.15, -0.1) is 0 Å². The molecule has 1 atom stereocenters. The van der Waals surface area contributed by atoms with E-state index in [1.807, 2.05) is 36.4 Å². The molecule has 1 N–H and O–H groups in total. The highest BCUT2D eigenvalue weighted by molar-refractivity contribution is 6.30. The quantitative estimate of drug-likeness (QED) is 0.783. The Hall–Kier alpha value is -1.29. The summed E-state index contributed by atoms with van der Waals surface area (Å²) in [6.45, 7) is 4.12. The molecule has 19 heavy (non-hydrogen) atoms. The number of nitrogens with one attached hydrogen (secondary N) is 1. The molecule has 4 heteroatoms. The molecule has 0 fully saturated rings. The molecular formula is C15H18ClNO2. The summed E-state index contributed by atoms with van der Waals surface area (Å²) in [6, 6.07) is 11.8. The van der Waals surface area contributed by atoms with Crippen molar-refractivity contribution in [1.82, 2.24) is 5.32 Å². The first kappa shape index (κ1) is 14.1. The molecule has 0 aliphatic heterocycles. The van der Waals surface area contributed by atoms with Gasteiger partial charge in [-0.1, -0.05) is 23.7 Å².